The molecule has 0 N–H and O–H groups in total. The van der Waals surface area contributed by atoms with Crippen molar-refractivity contribution in [1.29, 1.82) is 5.26 Å². The molecule has 26 heavy (non-hydrogen) atoms. The van der Waals surface area contributed by atoms with Gasteiger partial charge in [-0.15, -0.1) is 0 Å². The summed E-state index contributed by atoms with van der Waals surface area (Å²) >= 11 is 0. The Morgan fingerprint density at radius 1 is 0.962 bits per heavy atom. The largest absolute Gasteiger partial charge is 0.417 e. The molecule has 2 aromatic rings. The van der Waals surface area contributed by atoms with Crippen molar-refractivity contribution in [2.45, 2.75) is 45.3 Å². The molecule has 3 heteroatoms. The van der Waals surface area contributed by atoms with E-state index in [2.05, 4.69) is 76.4 Å². The van der Waals surface area contributed by atoms with Crippen LogP contribution in [0.15, 0.2) is 54.6 Å². The summed E-state index contributed by atoms with van der Waals surface area (Å²) in [6.07, 6.45) is 5.27. The summed E-state index contributed by atoms with van der Waals surface area (Å²) in [6, 6.07) is 18.3. The van der Waals surface area contributed by atoms with Gasteiger partial charge in [0.15, 0.2) is 8.32 Å². The zero-order chi connectivity index (χ0) is 19.2. The SMILES string of the molecule is CC(C)(C)[Si](C)(C)OCCC=Cc1ccc(-c2ccc(C#N)cc2)cc1. The van der Waals surface area contributed by atoms with Crippen molar-refractivity contribution in [3.8, 4) is 17.2 Å². The number of rotatable bonds is 6. The monoisotopic (exact) mass is 363 g/mol. The molecule has 0 aliphatic rings. The highest BCUT2D eigenvalue weighted by Gasteiger charge is 2.36. The van der Waals surface area contributed by atoms with Crippen LogP contribution in [0, 0.1) is 11.3 Å². The Bertz CT molecular complexity index is 775. The molecule has 0 fully saturated rings. The first-order valence-electron chi connectivity index (χ1n) is 9.14. The molecule has 0 spiro atoms. The lowest BCUT2D eigenvalue weighted by atomic mass is 10.0. The van der Waals surface area contributed by atoms with E-state index < -0.39 is 8.32 Å². The van der Waals surface area contributed by atoms with Gasteiger partial charge in [0.05, 0.1) is 11.6 Å². The van der Waals surface area contributed by atoms with Gasteiger partial charge in [-0.25, -0.2) is 0 Å². The molecule has 0 unspecified atom stereocenters. The van der Waals surface area contributed by atoms with Crippen molar-refractivity contribution in [2.24, 2.45) is 0 Å². The molecule has 2 rings (SSSR count). The highest BCUT2D eigenvalue weighted by molar-refractivity contribution is 6.74. The summed E-state index contributed by atoms with van der Waals surface area (Å²) in [5, 5.41) is 9.14. The van der Waals surface area contributed by atoms with Crippen LogP contribution in [-0.4, -0.2) is 14.9 Å². The van der Waals surface area contributed by atoms with Crippen LogP contribution in [0.1, 0.15) is 38.3 Å². The third kappa shape index (κ3) is 5.42. The first-order chi connectivity index (χ1) is 12.2. The average molecular weight is 364 g/mol. The van der Waals surface area contributed by atoms with Crippen LogP contribution >= 0.6 is 0 Å². The van der Waals surface area contributed by atoms with E-state index in [0.717, 1.165) is 24.2 Å². The quantitative estimate of drug-likeness (QED) is 0.425. The van der Waals surface area contributed by atoms with Crippen molar-refractivity contribution in [3.63, 3.8) is 0 Å². The fourth-order valence-electron chi connectivity index (χ4n) is 2.34. The van der Waals surface area contributed by atoms with Crippen LogP contribution in [0.2, 0.25) is 18.1 Å². The lowest BCUT2D eigenvalue weighted by Crippen LogP contribution is -2.40. The summed E-state index contributed by atoms with van der Waals surface area (Å²) in [5.74, 6) is 0. The molecular formula is C23H29NOSi. The van der Waals surface area contributed by atoms with Gasteiger partial charge in [-0.3, -0.25) is 0 Å². The molecule has 0 bridgehead atoms. The summed E-state index contributed by atoms with van der Waals surface area (Å²) < 4.78 is 6.19. The Balaban J connectivity index is 1.89. The van der Waals surface area contributed by atoms with Gasteiger partial charge >= 0.3 is 0 Å². The molecule has 2 aromatic carbocycles. The molecule has 0 aliphatic heterocycles. The molecule has 0 radical (unpaired) electrons. The van der Waals surface area contributed by atoms with E-state index in [1.165, 1.54) is 5.56 Å². The maximum absolute atomic E-state index is 8.88. The van der Waals surface area contributed by atoms with E-state index in [1.807, 2.05) is 24.3 Å². The second kappa shape index (κ2) is 8.49. The highest BCUT2D eigenvalue weighted by Crippen LogP contribution is 2.36. The Morgan fingerprint density at radius 2 is 1.50 bits per heavy atom. The van der Waals surface area contributed by atoms with E-state index in [-0.39, 0.29) is 5.04 Å². The Labute approximate surface area is 159 Å². The van der Waals surface area contributed by atoms with E-state index in [4.69, 9.17) is 9.69 Å². The third-order valence-electron chi connectivity index (χ3n) is 5.12. The summed E-state index contributed by atoms with van der Waals surface area (Å²) in [7, 11) is -1.64. The van der Waals surface area contributed by atoms with Crippen LogP contribution in [0.5, 0.6) is 0 Å². The predicted octanol–water partition coefficient (Wildman–Crippen LogP) is 6.65. The van der Waals surface area contributed by atoms with Crippen molar-refractivity contribution in [1.82, 2.24) is 0 Å². The Hall–Kier alpha value is -2.15. The molecule has 0 saturated carbocycles. The molecule has 0 aliphatic carbocycles. The molecule has 136 valence electrons. The number of hydrogen-bond acceptors (Lipinski definition) is 2. The molecule has 0 heterocycles. The van der Waals surface area contributed by atoms with Crippen LogP contribution < -0.4 is 0 Å². The van der Waals surface area contributed by atoms with Crippen molar-refractivity contribution in [3.05, 3.63) is 65.7 Å². The zero-order valence-corrected chi connectivity index (χ0v) is 17.5. The third-order valence-corrected chi connectivity index (χ3v) is 9.66. The van der Waals surface area contributed by atoms with Gasteiger partial charge in [0.25, 0.3) is 0 Å². The average Bonchev–Trinajstić information content (AvgIpc) is 2.61. The maximum atomic E-state index is 8.88. The number of nitriles is 1. The second-order valence-corrected chi connectivity index (χ2v) is 12.9. The minimum atomic E-state index is -1.64. The lowest BCUT2D eigenvalue weighted by molar-refractivity contribution is 0.294. The first kappa shape index (κ1) is 20.2. The first-order valence-corrected chi connectivity index (χ1v) is 12.0. The highest BCUT2D eigenvalue weighted by atomic mass is 28.4. The lowest BCUT2D eigenvalue weighted by Gasteiger charge is -2.36. The summed E-state index contributed by atoms with van der Waals surface area (Å²) in [5.41, 5.74) is 4.16. The standard InChI is InChI=1S/C23H29NOSi/c1-23(2,3)26(4,5)25-17-7-6-8-19-9-13-21(14-10-19)22-15-11-20(18-24)12-16-22/h6,8-16H,7,17H2,1-5H3. The smallest absolute Gasteiger partial charge is 0.191 e. The second-order valence-electron chi connectivity index (χ2n) is 8.11. The molecule has 0 aromatic heterocycles. The van der Waals surface area contributed by atoms with Gasteiger partial charge in [-0.05, 0) is 53.4 Å². The van der Waals surface area contributed by atoms with Crippen molar-refractivity contribution < 1.29 is 4.43 Å². The van der Waals surface area contributed by atoms with Gasteiger partial charge in [-0.1, -0.05) is 69.3 Å². The van der Waals surface area contributed by atoms with Gasteiger partial charge in [-0.2, -0.15) is 5.26 Å². The predicted molar refractivity (Wildman–Crippen MR) is 113 cm³/mol. The van der Waals surface area contributed by atoms with Crippen molar-refractivity contribution in [2.75, 3.05) is 6.61 Å². The topological polar surface area (TPSA) is 33.0 Å². The number of benzene rings is 2. The van der Waals surface area contributed by atoms with E-state index in [1.54, 1.807) is 0 Å². The minimum absolute atomic E-state index is 0.262. The van der Waals surface area contributed by atoms with Crippen LogP contribution in [0.4, 0.5) is 0 Å². The normalized spacial score (nSPS) is 12.3. The van der Waals surface area contributed by atoms with Gasteiger partial charge in [0.1, 0.15) is 0 Å². The fraction of sp³-hybridized carbons (Fsp3) is 0.348. The summed E-state index contributed by atoms with van der Waals surface area (Å²) in [4.78, 5) is 0. The van der Waals surface area contributed by atoms with Crippen LogP contribution in [0.3, 0.4) is 0 Å². The van der Waals surface area contributed by atoms with Crippen molar-refractivity contribution >= 4 is 14.4 Å². The minimum Gasteiger partial charge on any atom is -0.417 e. The fourth-order valence-corrected chi connectivity index (χ4v) is 3.40. The maximum Gasteiger partial charge on any atom is 0.191 e. The van der Waals surface area contributed by atoms with E-state index >= 15 is 0 Å². The molecule has 0 saturated heterocycles. The zero-order valence-electron chi connectivity index (χ0n) is 16.5. The number of nitrogens with zero attached hydrogens (tertiary/aromatic N) is 1. The Morgan fingerprint density at radius 3 is 2.00 bits per heavy atom. The van der Waals surface area contributed by atoms with Crippen LogP contribution in [-0.2, 0) is 4.43 Å². The van der Waals surface area contributed by atoms with Gasteiger partial charge in [0, 0.05) is 6.61 Å². The van der Waals surface area contributed by atoms with E-state index in [9.17, 15) is 0 Å². The number of hydrogen-bond donors (Lipinski definition) is 0. The Kier molecular flexibility index (Phi) is 6.58. The molecular weight excluding hydrogens is 334 g/mol. The summed E-state index contributed by atoms with van der Waals surface area (Å²) in [6.45, 7) is 12.2. The van der Waals surface area contributed by atoms with Gasteiger partial charge in [0.2, 0.25) is 0 Å². The van der Waals surface area contributed by atoms with Crippen LogP contribution in [0.25, 0.3) is 17.2 Å². The van der Waals surface area contributed by atoms with E-state index in [0.29, 0.717) is 5.56 Å². The molecule has 0 amide bonds. The molecule has 0 atom stereocenters. The van der Waals surface area contributed by atoms with Gasteiger partial charge < -0.3 is 4.43 Å². The molecule has 2 nitrogen and oxygen atoms in total.